The Bertz CT molecular complexity index is 320. The lowest BCUT2D eigenvalue weighted by Crippen LogP contribution is -2.06. The van der Waals surface area contributed by atoms with Crippen molar-refractivity contribution >= 4 is 22.6 Å². The van der Waals surface area contributed by atoms with Crippen molar-refractivity contribution in [3.8, 4) is 5.75 Å². The van der Waals surface area contributed by atoms with Crippen molar-refractivity contribution in [3.63, 3.8) is 0 Å². The largest absolute Gasteiger partial charge is 0.505 e. The molecule has 0 bridgehead atoms. The Balaban J connectivity index is 3.30. The molecule has 3 N–H and O–H groups in total. The van der Waals surface area contributed by atoms with E-state index in [0.717, 1.165) is 6.20 Å². The number of pyridine rings is 1. The summed E-state index contributed by atoms with van der Waals surface area (Å²) >= 11 is 1.76. The molecule has 0 aliphatic carbocycles. The fourth-order valence-corrected chi connectivity index (χ4v) is 1.55. The number of aromatic hydroxyl groups is 1. The van der Waals surface area contributed by atoms with Crippen LogP contribution in [0.15, 0.2) is 6.20 Å². The van der Waals surface area contributed by atoms with Gasteiger partial charge in [-0.2, -0.15) is 0 Å². The quantitative estimate of drug-likeness (QED) is 0.819. The molecule has 0 aliphatic heterocycles. The van der Waals surface area contributed by atoms with Gasteiger partial charge in [-0.1, -0.05) is 0 Å². The highest BCUT2D eigenvalue weighted by Gasteiger charge is 2.18. The minimum atomic E-state index is -2.66. The first kappa shape index (κ1) is 10.6. The Morgan fingerprint density at radius 1 is 1.62 bits per heavy atom. The molecule has 0 saturated carbocycles. The normalized spacial score (nSPS) is 10.8. The second kappa shape index (κ2) is 4.14. The Kier molecular flexibility index (Phi) is 3.37. The molecule has 1 aromatic rings. The smallest absolute Gasteiger partial charge is 0.280 e. The van der Waals surface area contributed by atoms with E-state index in [-0.39, 0.29) is 23.6 Å². The number of nitrogens with two attached hydrogens (primary N) is 1. The second-order valence-electron chi connectivity index (χ2n) is 2.33. The van der Waals surface area contributed by atoms with Crippen LogP contribution in [0.4, 0.5) is 8.78 Å². The van der Waals surface area contributed by atoms with Crippen LogP contribution in [-0.2, 0) is 6.54 Å². The second-order valence-corrected chi connectivity index (χ2v) is 3.40. The molecule has 0 radical (unpaired) electrons. The molecule has 3 nitrogen and oxygen atoms in total. The Morgan fingerprint density at radius 2 is 2.23 bits per heavy atom. The van der Waals surface area contributed by atoms with Gasteiger partial charge in [0.1, 0.15) is 11.4 Å². The van der Waals surface area contributed by atoms with Gasteiger partial charge in [-0.05, 0) is 22.6 Å². The number of hydrogen-bond donors (Lipinski definition) is 2. The molecule has 13 heavy (non-hydrogen) atoms. The van der Waals surface area contributed by atoms with Gasteiger partial charge in [0.05, 0.1) is 9.77 Å². The first-order chi connectivity index (χ1) is 6.07. The summed E-state index contributed by atoms with van der Waals surface area (Å²) in [6.07, 6.45) is -1.66. The van der Waals surface area contributed by atoms with E-state index in [2.05, 4.69) is 4.98 Å². The number of nitrogens with zero attached hydrogens (tertiary/aromatic N) is 1. The number of aromatic nitrogens is 1. The van der Waals surface area contributed by atoms with Gasteiger partial charge in [-0.3, -0.25) is 4.98 Å². The lowest BCUT2D eigenvalue weighted by atomic mass is 10.2. The molecule has 0 aromatic carbocycles. The van der Waals surface area contributed by atoms with Crippen molar-refractivity contribution in [3.05, 3.63) is 21.0 Å². The highest BCUT2D eigenvalue weighted by molar-refractivity contribution is 14.1. The summed E-state index contributed by atoms with van der Waals surface area (Å²) in [5, 5.41) is 9.17. The van der Waals surface area contributed by atoms with Gasteiger partial charge >= 0.3 is 0 Å². The SMILES string of the molecule is NCc1c(C(F)F)ncc(O)c1I. The average molecular weight is 300 g/mol. The van der Waals surface area contributed by atoms with Gasteiger partial charge in [0.25, 0.3) is 6.43 Å². The van der Waals surface area contributed by atoms with E-state index in [1.54, 1.807) is 22.6 Å². The van der Waals surface area contributed by atoms with E-state index in [1.807, 2.05) is 0 Å². The number of rotatable bonds is 2. The first-order valence-electron chi connectivity index (χ1n) is 3.42. The van der Waals surface area contributed by atoms with Crippen LogP contribution < -0.4 is 5.73 Å². The number of halogens is 3. The molecule has 0 fully saturated rings. The van der Waals surface area contributed by atoms with Crippen LogP contribution in [0.25, 0.3) is 0 Å². The summed E-state index contributed by atoms with van der Waals surface area (Å²) in [7, 11) is 0. The fourth-order valence-electron chi connectivity index (χ4n) is 0.915. The van der Waals surface area contributed by atoms with Crippen LogP contribution in [0.2, 0.25) is 0 Å². The van der Waals surface area contributed by atoms with Gasteiger partial charge in [0, 0.05) is 12.1 Å². The third-order valence-corrected chi connectivity index (χ3v) is 2.74. The standard InChI is InChI=1S/C7H7F2IN2O/c8-7(9)6-3(1-11)5(10)4(13)2-12-6/h2,7,13H,1,11H2. The zero-order valence-corrected chi connectivity index (χ0v) is 8.62. The molecule has 1 aromatic heterocycles. The molecular formula is C7H7F2IN2O. The molecule has 1 rings (SSSR count). The molecular weight excluding hydrogens is 293 g/mol. The van der Waals surface area contributed by atoms with E-state index in [1.165, 1.54) is 0 Å². The van der Waals surface area contributed by atoms with Crippen molar-refractivity contribution in [1.29, 1.82) is 0 Å². The summed E-state index contributed by atoms with van der Waals surface area (Å²) in [6, 6.07) is 0. The van der Waals surface area contributed by atoms with Crippen molar-refractivity contribution in [1.82, 2.24) is 4.98 Å². The van der Waals surface area contributed by atoms with Crippen molar-refractivity contribution in [2.24, 2.45) is 5.73 Å². The molecule has 0 spiro atoms. The molecule has 0 atom stereocenters. The molecule has 72 valence electrons. The van der Waals surface area contributed by atoms with Gasteiger partial charge in [-0.15, -0.1) is 0 Å². The Morgan fingerprint density at radius 3 is 2.69 bits per heavy atom. The van der Waals surface area contributed by atoms with E-state index in [0.29, 0.717) is 3.57 Å². The van der Waals surface area contributed by atoms with Crippen LogP contribution in [0.5, 0.6) is 5.75 Å². The van der Waals surface area contributed by atoms with Crippen LogP contribution in [0, 0.1) is 3.57 Å². The minimum absolute atomic E-state index is 0.0562. The van der Waals surface area contributed by atoms with E-state index >= 15 is 0 Å². The van der Waals surface area contributed by atoms with Gasteiger partial charge in [-0.25, -0.2) is 8.78 Å². The molecule has 0 unspecified atom stereocenters. The average Bonchev–Trinajstić information content (AvgIpc) is 2.09. The Labute approximate surface area is 87.1 Å². The van der Waals surface area contributed by atoms with E-state index in [4.69, 9.17) is 10.8 Å². The Hall–Kier alpha value is -0.500. The maximum Gasteiger partial charge on any atom is 0.280 e. The van der Waals surface area contributed by atoms with Gasteiger partial charge < -0.3 is 10.8 Å². The zero-order valence-electron chi connectivity index (χ0n) is 6.47. The molecule has 0 saturated heterocycles. The maximum atomic E-state index is 12.3. The summed E-state index contributed by atoms with van der Waals surface area (Å²) in [4.78, 5) is 3.42. The van der Waals surface area contributed by atoms with E-state index in [9.17, 15) is 8.78 Å². The number of alkyl halides is 2. The highest BCUT2D eigenvalue weighted by Crippen LogP contribution is 2.29. The van der Waals surface area contributed by atoms with Crippen LogP contribution in [0.3, 0.4) is 0 Å². The fraction of sp³-hybridized carbons (Fsp3) is 0.286. The molecule has 6 heteroatoms. The summed E-state index contributed by atoms with van der Waals surface area (Å²) in [6.45, 7) is -0.0562. The third-order valence-electron chi connectivity index (χ3n) is 1.54. The van der Waals surface area contributed by atoms with Gasteiger partial charge in [0.15, 0.2) is 0 Å². The van der Waals surface area contributed by atoms with Gasteiger partial charge in [0.2, 0.25) is 0 Å². The molecule has 1 heterocycles. The summed E-state index contributed by atoms with van der Waals surface area (Å²) in [5.74, 6) is -0.120. The topological polar surface area (TPSA) is 59.1 Å². The zero-order chi connectivity index (χ0) is 10.0. The monoisotopic (exact) mass is 300 g/mol. The molecule has 0 amide bonds. The van der Waals surface area contributed by atoms with Crippen LogP contribution in [0.1, 0.15) is 17.7 Å². The highest BCUT2D eigenvalue weighted by atomic mass is 127. The lowest BCUT2D eigenvalue weighted by molar-refractivity contribution is 0.144. The number of hydrogen-bond acceptors (Lipinski definition) is 3. The summed E-state index contributed by atoms with van der Waals surface area (Å²) < 4.78 is 25.0. The summed E-state index contributed by atoms with van der Waals surface area (Å²) in [5.41, 5.74) is 5.12. The third kappa shape index (κ3) is 2.05. The maximum absolute atomic E-state index is 12.3. The van der Waals surface area contributed by atoms with Crippen LogP contribution in [-0.4, -0.2) is 10.1 Å². The first-order valence-corrected chi connectivity index (χ1v) is 4.50. The van der Waals surface area contributed by atoms with E-state index < -0.39 is 6.43 Å². The predicted octanol–water partition coefficient (Wildman–Crippen LogP) is 1.79. The van der Waals surface area contributed by atoms with Crippen LogP contribution >= 0.6 is 22.6 Å². The predicted molar refractivity (Wildman–Crippen MR) is 51.5 cm³/mol. The minimum Gasteiger partial charge on any atom is -0.505 e. The van der Waals surface area contributed by atoms with Crippen molar-refractivity contribution in [2.75, 3.05) is 0 Å². The van der Waals surface area contributed by atoms with Crippen molar-refractivity contribution in [2.45, 2.75) is 13.0 Å². The molecule has 0 aliphatic rings. The lowest BCUT2D eigenvalue weighted by Gasteiger charge is -2.08. The van der Waals surface area contributed by atoms with Crippen molar-refractivity contribution < 1.29 is 13.9 Å².